The maximum absolute atomic E-state index is 6.25. The Kier molecular flexibility index (Phi) is 3.58. The molecule has 0 amide bonds. The molecule has 0 aliphatic heterocycles. The van der Waals surface area contributed by atoms with Gasteiger partial charge in [0.2, 0.25) is 0 Å². The van der Waals surface area contributed by atoms with Crippen LogP contribution >= 0.6 is 11.3 Å². The van der Waals surface area contributed by atoms with Crippen molar-refractivity contribution in [1.82, 2.24) is 15.2 Å². The molecule has 3 aromatic carbocycles. The highest BCUT2D eigenvalue weighted by molar-refractivity contribution is 7.21. The van der Waals surface area contributed by atoms with Gasteiger partial charge in [-0.3, -0.25) is 5.10 Å². The number of nitrogens with zero attached hydrogens (tertiary/aromatic N) is 2. The SMILES string of the molecule is COc1ccc2ccccc2c1-c1[nH]nc(N)c1-c1nc2ccccc2s1. The molecule has 0 aliphatic rings. The molecule has 0 atom stereocenters. The van der Waals surface area contributed by atoms with Gasteiger partial charge in [0.25, 0.3) is 0 Å². The quantitative estimate of drug-likeness (QED) is 0.462. The summed E-state index contributed by atoms with van der Waals surface area (Å²) in [7, 11) is 1.67. The fourth-order valence-corrected chi connectivity index (χ4v) is 4.44. The Labute approximate surface area is 159 Å². The lowest BCUT2D eigenvalue weighted by molar-refractivity contribution is 0.417. The lowest BCUT2D eigenvalue weighted by atomic mass is 9.98. The lowest BCUT2D eigenvalue weighted by Crippen LogP contribution is -1.92. The minimum absolute atomic E-state index is 0.430. The van der Waals surface area contributed by atoms with Crippen molar-refractivity contribution < 1.29 is 4.74 Å². The minimum Gasteiger partial charge on any atom is -0.496 e. The van der Waals surface area contributed by atoms with Crippen LogP contribution < -0.4 is 10.5 Å². The predicted octanol–water partition coefficient (Wildman–Crippen LogP) is 5.10. The molecule has 0 fully saturated rings. The summed E-state index contributed by atoms with van der Waals surface area (Å²) in [6.45, 7) is 0. The molecule has 0 radical (unpaired) electrons. The second-order valence-corrected chi connectivity index (χ2v) is 7.24. The van der Waals surface area contributed by atoms with Crippen LogP contribution in [0.4, 0.5) is 5.82 Å². The number of aromatic nitrogens is 3. The highest BCUT2D eigenvalue weighted by atomic mass is 32.1. The molecular formula is C21H16N4OS. The third-order valence-corrected chi connectivity index (χ3v) is 5.72. The molecule has 0 aliphatic carbocycles. The third-order valence-electron chi connectivity index (χ3n) is 4.66. The zero-order chi connectivity index (χ0) is 18.4. The predicted molar refractivity (Wildman–Crippen MR) is 111 cm³/mol. The molecular weight excluding hydrogens is 356 g/mol. The van der Waals surface area contributed by atoms with Gasteiger partial charge in [-0.25, -0.2) is 4.98 Å². The van der Waals surface area contributed by atoms with Gasteiger partial charge in [0.05, 0.1) is 34.1 Å². The smallest absolute Gasteiger partial charge is 0.156 e. The maximum Gasteiger partial charge on any atom is 0.156 e. The highest BCUT2D eigenvalue weighted by Gasteiger charge is 2.22. The zero-order valence-electron chi connectivity index (χ0n) is 14.6. The minimum atomic E-state index is 0.430. The first-order chi connectivity index (χ1) is 13.3. The second kappa shape index (κ2) is 6.10. The normalized spacial score (nSPS) is 11.3. The van der Waals surface area contributed by atoms with Gasteiger partial charge >= 0.3 is 0 Å². The van der Waals surface area contributed by atoms with E-state index in [1.165, 1.54) is 0 Å². The number of H-pyrrole nitrogens is 1. The van der Waals surface area contributed by atoms with Crippen LogP contribution in [-0.4, -0.2) is 22.3 Å². The van der Waals surface area contributed by atoms with E-state index in [9.17, 15) is 0 Å². The Morgan fingerprint density at radius 3 is 2.63 bits per heavy atom. The molecule has 0 saturated heterocycles. The Morgan fingerprint density at radius 1 is 0.963 bits per heavy atom. The molecule has 0 saturated carbocycles. The van der Waals surface area contributed by atoms with Crippen LogP contribution in [-0.2, 0) is 0 Å². The van der Waals surface area contributed by atoms with Gasteiger partial charge in [-0.05, 0) is 29.0 Å². The van der Waals surface area contributed by atoms with E-state index in [2.05, 4.69) is 34.5 Å². The first kappa shape index (κ1) is 15.8. The van der Waals surface area contributed by atoms with E-state index in [0.717, 1.165) is 48.6 Å². The number of thiazole rings is 1. The molecule has 5 aromatic rings. The van der Waals surface area contributed by atoms with Crippen molar-refractivity contribution in [3.8, 4) is 27.6 Å². The second-order valence-electron chi connectivity index (χ2n) is 6.21. The van der Waals surface area contributed by atoms with Crippen molar-refractivity contribution in [1.29, 1.82) is 0 Å². The number of anilines is 1. The van der Waals surface area contributed by atoms with Crippen molar-refractivity contribution in [3.05, 3.63) is 60.7 Å². The summed E-state index contributed by atoms with van der Waals surface area (Å²) < 4.78 is 6.78. The van der Waals surface area contributed by atoms with Crippen LogP contribution in [0.2, 0.25) is 0 Å². The van der Waals surface area contributed by atoms with Gasteiger partial charge in [-0.2, -0.15) is 5.10 Å². The average Bonchev–Trinajstić information content (AvgIpc) is 3.29. The number of nitrogens with two attached hydrogens (primary N) is 1. The molecule has 3 N–H and O–H groups in total. The number of methoxy groups -OCH3 is 1. The van der Waals surface area contributed by atoms with Gasteiger partial charge in [-0.1, -0.05) is 42.5 Å². The number of nitrogens with one attached hydrogen (secondary N) is 1. The van der Waals surface area contributed by atoms with Gasteiger partial charge in [0, 0.05) is 0 Å². The largest absolute Gasteiger partial charge is 0.496 e. The lowest BCUT2D eigenvalue weighted by Gasteiger charge is -2.12. The number of para-hydroxylation sites is 1. The van der Waals surface area contributed by atoms with E-state index in [4.69, 9.17) is 15.5 Å². The number of benzene rings is 3. The Hall–Kier alpha value is -3.38. The molecule has 27 heavy (non-hydrogen) atoms. The van der Waals surface area contributed by atoms with Crippen molar-refractivity contribution >= 4 is 38.1 Å². The van der Waals surface area contributed by atoms with E-state index in [1.807, 2.05) is 36.4 Å². The standard InChI is InChI=1S/C21H16N4OS/c1-26-15-11-10-12-6-2-3-7-13(12)17(15)19-18(20(22)25-24-19)21-23-14-8-4-5-9-16(14)27-21/h2-11H,1H3,(H3,22,24,25). The first-order valence-electron chi connectivity index (χ1n) is 8.52. The highest BCUT2D eigenvalue weighted by Crippen LogP contribution is 2.44. The summed E-state index contributed by atoms with van der Waals surface area (Å²) in [6.07, 6.45) is 0. The number of nitrogen functional groups attached to an aromatic ring is 1. The number of aromatic amines is 1. The summed E-state index contributed by atoms with van der Waals surface area (Å²) in [5, 5.41) is 10.4. The number of hydrogen-bond acceptors (Lipinski definition) is 5. The zero-order valence-corrected chi connectivity index (χ0v) is 15.4. The molecule has 0 spiro atoms. The Balaban J connectivity index is 1.82. The van der Waals surface area contributed by atoms with Crippen molar-refractivity contribution in [2.45, 2.75) is 0 Å². The molecule has 132 valence electrons. The van der Waals surface area contributed by atoms with Gasteiger partial charge < -0.3 is 10.5 Å². The van der Waals surface area contributed by atoms with Crippen LogP contribution in [0, 0.1) is 0 Å². The van der Waals surface area contributed by atoms with Crippen molar-refractivity contribution in [2.24, 2.45) is 0 Å². The van der Waals surface area contributed by atoms with Gasteiger partial charge in [-0.15, -0.1) is 11.3 Å². The molecule has 5 nitrogen and oxygen atoms in total. The summed E-state index contributed by atoms with van der Waals surface area (Å²) >= 11 is 1.60. The molecule has 6 heteroatoms. The molecule has 2 aromatic heterocycles. The fourth-order valence-electron chi connectivity index (χ4n) is 3.41. The van der Waals surface area contributed by atoms with E-state index < -0.39 is 0 Å². The fraction of sp³-hybridized carbons (Fsp3) is 0.0476. The number of rotatable bonds is 3. The van der Waals surface area contributed by atoms with Crippen LogP contribution in [0.15, 0.2) is 60.7 Å². The maximum atomic E-state index is 6.25. The van der Waals surface area contributed by atoms with Crippen LogP contribution in [0.25, 0.3) is 42.8 Å². The summed E-state index contributed by atoms with van der Waals surface area (Å²) in [6, 6.07) is 20.3. The van der Waals surface area contributed by atoms with Crippen molar-refractivity contribution in [2.75, 3.05) is 12.8 Å². The van der Waals surface area contributed by atoms with Gasteiger partial charge in [0.1, 0.15) is 10.8 Å². The molecule has 5 rings (SSSR count). The Bertz CT molecular complexity index is 1260. The average molecular weight is 372 g/mol. The summed E-state index contributed by atoms with van der Waals surface area (Å²) in [4.78, 5) is 4.78. The van der Waals surface area contributed by atoms with Gasteiger partial charge in [0.15, 0.2) is 5.82 Å². The van der Waals surface area contributed by atoms with Crippen molar-refractivity contribution in [3.63, 3.8) is 0 Å². The third kappa shape index (κ3) is 2.45. The molecule has 0 unspecified atom stereocenters. The molecule has 2 heterocycles. The van der Waals surface area contributed by atoms with E-state index in [-0.39, 0.29) is 0 Å². The summed E-state index contributed by atoms with van der Waals surface area (Å²) in [5.41, 5.74) is 9.77. The monoisotopic (exact) mass is 372 g/mol. The number of ether oxygens (including phenoxy) is 1. The van der Waals surface area contributed by atoms with Crippen LogP contribution in [0.3, 0.4) is 0 Å². The van der Waals surface area contributed by atoms with Crippen LogP contribution in [0.5, 0.6) is 5.75 Å². The summed E-state index contributed by atoms with van der Waals surface area (Å²) in [5.74, 6) is 1.19. The molecule has 0 bridgehead atoms. The number of fused-ring (bicyclic) bond motifs is 2. The van der Waals surface area contributed by atoms with E-state index in [0.29, 0.717) is 5.82 Å². The van der Waals surface area contributed by atoms with E-state index in [1.54, 1.807) is 18.4 Å². The van der Waals surface area contributed by atoms with E-state index >= 15 is 0 Å². The number of hydrogen-bond donors (Lipinski definition) is 2. The first-order valence-corrected chi connectivity index (χ1v) is 9.34. The topological polar surface area (TPSA) is 76.8 Å². The van der Waals surface area contributed by atoms with Crippen LogP contribution in [0.1, 0.15) is 0 Å². The Morgan fingerprint density at radius 2 is 1.78 bits per heavy atom.